The number of nitrogens with two attached hydrogens (primary N) is 2. The van der Waals surface area contributed by atoms with Crippen molar-refractivity contribution >= 4 is 32.9 Å². The zero-order valence-electron chi connectivity index (χ0n) is 24.0. The Morgan fingerprint density at radius 3 is 1.56 bits per heavy atom. The van der Waals surface area contributed by atoms with Gasteiger partial charge in [0.15, 0.2) is 0 Å². The number of nitrogen functional groups attached to an aromatic ring is 2. The molecule has 6 N–H and O–H groups in total. The monoisotopic (exact) mass is 555 g/mol. The van der Waals surface area contributed by atoms with E-state index in [2.05, 4.69) is 48.9 Å². The zero-order chi connectivity index (χ0) is 29.1. The molecule has 0 fully saturated rings. The van der Waals surface area contributed by atoms with Crippen LogP contribution in [0.15, 0.2) is 65.6 Å². The number of rotatable bonds is 12. The molecule has 0 aliphatic heterocycles. The molecule has 0 bridgehead atoms. The van der Waals surface area contributed by atoms with Crippen molar-refractivity contribution in [1.82, 2.24) is 0 Å². The molecule has 0 aliphatic carbocycles. The summed E-state index contributed by atoms with van der Waals surface area (Å²) in [6.45, 7) is 13.7. The Bertz CT molecular complexity index is 1230. The number of aryl methyl sites for hydroxylation is 3. The Balaban J connectivity index is 0.000000404. The van der Waals surface area contributed by atoms with Crippen LogP contribution in [-0.4, -0.2) is 57.2 Å². The quantitative estimate of drug-likeness (QED) is 0.105. The molecule has 8 nitrogen and oxygen atoms in total. The Labute approximate surface area is 234 Å². The largest absolute Gasteiger partial charge is 0.744 e. The normalized spacial score (nSPS) is 11.4. The van der Waals surface area contributed by atoms with Gasteiger partial charge in [-0.25, -0.2) is 8.42 Å². The van der Waals surface area contributed by atoms with Crippen LogP contribution < -0.4 is 22.1 Å². The molecule has 214 valence electrons. The fourth-order valence-corrected chi connectivity index (χ4v) is 4.56. The first-order valence-electron chi connectivity index (χ1n) is 13.4. The molecule has 3 aromatic rings. The third kappa shape index (κ3) is 11.2. The fourth-order valence-electron chi connectivity index (χ4n) is 4.09. The lowest BCUT2D eigenvalue weighted by molar-refractivity contribution is -0.907. The maximum atomic E-state index is 10.4. The second kappa shape index (κ2) is 14.8. The second-order valence-electron chi connectivity index (χ2n) is 10.4. The van der Waals surface area contributed by atoms with E-state index in [0.29, 0.717) is 0 Å². The van der Waals surface area contributed by atoms with E-state index in [1.165, 1.54) is 25.2 Å². The van der Waals surface area contributed by atoms with Crippen molar-refractivity contribution in [2.45, 2.75) is 45.4 Å². The third-order valence-corrected chi connectivity index (χ3v) is 7.87. The summed E-state index contributed by atoms with van der Waals surface area (Å²) >= 11 is 0. The van der Waals surface area contributed by atoms with Crippen molar-refractivity contribution in [1.29, 1.82) is 0 Å². The standard InChI is InChI=1S/C23H38N5.C7H8O3S/c1-5-28(4,14-6-12-26-20-8-10-22(24)18(2)16-20)15-7-13-27-21-9-11-23(25)19(3)17-21;1-6-2-4-7(5-3-6)11(8,9)10/h8-11,16-17,26-27H,5-7,12-15,24-25H2,1-4H3;2-5H,1H3,(H,8,9,10)/q+1;/p-1. The van der Waals surface area contributed by atoms with Crippen molar-refractivity contribution in [3.8, 4) is 0 Å². The maximum Gasteiger partial charge on any atom is 0.124 e. The lowest BCUT2D eigenvalue weighted by atomic mass is 10.2. The molecule has 0 amide bonds. The average Bonchev–Trinajstić information content (AvgIpc) is 2.89. The van der Waals surface area contributed by atoms with Gasteiger partial charge in [0.25, 0.3) is 0 Å². The summed E-state index contributed by atoms with van der Waals surface area (Å²) in [4.78, 5) is -0.178. The van der Waals surface area contributed by atoms with Gasteiger partial charge in [0.05, 0.1) is 31.6 Å². The van der Waals surface area contributed by atoms with Crippen LogP contribution in [-0.2, 0) is 10.1 Å². The molecular weight excluding hydrogens is 510 g/mol. The van der Waals surface area contributed by atoms with Crippen LogP contribution in [0.1, 0.15) is 36.5 Å². The van der Waals surface area contributed by atoms with E-state index >= 15 is 0 Å². The lowest BCUT2D eigenvalue weighted by Crippen LogP contribution is -2.46. The SMILES string of the molecule is CC[N+](C)(CCCNc1ccc(N)c(C)c1)CCCNc1ccc(N)c(C)c1.Cc1ccc(S(=O)(=O)[O-])cc1. The van der Waals surface area contributed by atoms with Gasteiger partial charge in [0.1, 0.15) is 10.1 Å². The van der Waals surface area contributed by atoms with Gasteiger partial charge < -0.3 is 31.1 Å². The molecule has 0 heterocycles. The number of anilines is 4. The topological polar surface area (TPSA) is 133 Å². The molecule has 3 rings (SSSR count). The van der Waals surface area contributed by atoms with Gasteiger partial charge in [-0.15, -0.1) is 0 Å². The van der Waals surface area contributed by atoms with Crippen LogP contribution in [0.25, 0.3) is 0 Å². The Kier molecular flexibility index (Phi) is 12.1. The minimum atomic E-state index is -4.27. The highest BCUT2D eigenvalue weighted by atomic mass is 32.2. The predicted octanol–water partition coefficient (Wildman–Crippen LogP) is 5.14. The summed E-state index contributed by atoms with van der Waals surface area (Å²) < 4.78 is 32.3. The third-order valence-electron chi connectivity index (χ3n) is 7.02. The second-order valence-corrected chi connectivity index (χ2v) is 11.7. The van der Waals surface area contributed by atoms with Crippen molar-refractivity contribution in [3.05, 3.63) is 77.4 Å². The summed E-state index contributed by atoms with van der Waals surface area (Å²) in [5.74, 6) is 0. The van der Waals surface area contributed by atoms with Gasteiger partial charge in [-0.3, -0.25) is 0 Å². The first-order valence-corrected chi connectivity index (χ1v) is 14.8. The number of nitrogens with one attached hydrogen (secondary N) is 2. The Morgan fingerprint density at radius 2 is 1.21 bits per heavy atom. The highest BCUT2D eigenvalue weighted by Crippen LogP contribution is 2.18. The van der Waals surface area contributed by atoms with Crippen LogP contribution in [0.4, 0.5) is 22.7 Å². The number of quaternary nitrogens is 1. The molecule has 9 heteroatoms. The highest BCUT2D eigenvalue weighted by Gasteiger charge is 2.18. The van der Waals surface area contributed by atoms with Crippen molar-refractivity contribution in [2.24, 2.45) is 0 Å². The molecule has 0 unspecified atom stereocenters. The number of hydrogen-bond acceptors (Lipinski definition) is 7. The average molecular weight is 556 g/mol. The van der Waals surface area contributed by atoms with Crippen LogP contribution in [0.5, 0.6) is 0 Å². The summed E-state index contributed by atoms with van der Waals surface area (Å²) in [5, 5.41) is 7.04. The van der Waals surface area contributed by atoms with Gasteiger partial charge in [-0.1, -0.05) is 17.7 Å². The fraction of sp³-hybridized carbons (Fsp3) is 0.400. The number of nitrogens with zero attached hydrogens (tertiary/aromatic N) is 1. The van der Waals surface area contributed by atoms with Crippen molar-refractivity contribution in [2.75, 3.05) is 61.9 Å². The van der Waals surface area contributed by atoms with E-state index in [0.717, 1.165) is 76.4 Å². The molecule has 0 spiro atoms. The van der Waals surface area contributed by atoms with E-state index in [1.54, 1.807) is 12.1 Å². The predicted molar refractivity (Wildman–Crippen MR) is 163 cm³/mol. The van der Waals surface area contributed by atoms with E-state index in [-0.39, 0.29) is 4.90 Å². The first kappa shape index (κ1) is 31.9. The molecular formula is C30H45N5O3S. The zero-order valence-corrected chi connectivity index (χ0v) is 24.8. The molecule has 0 radical (unpaired) electrons. The smallest absolute Gasteiger partial charge is 0.124 e. The lowest BCUT2D eigenvalue weighted by Gasteiger charge is -2.33. The van der Waals surface area contributed by atoms with Crippen LogP contribution in [0.3, 0.4) is 0 Å². The molecule has 3 aromatic carbocycles. The van der Waals surface area contributed by atoms with Crippen LogP contribution in [0, 0.1) is 20.8 Å². The number of hydrogen-bond donors (Lipinski definition) is 4. The Hall–Kier alpha value is -3.27. The van der Waals surface area contributed by atoms with Gasteiger partial charge in [0, 0.05) is 48.7 Å². The minimum absolute atomic E-state index is 0.178. The molecule has 0 saturated heterocycles. The number of benzene rings is 3. The molecule has 0 aliphatic rings. The maximum absolute atomic E-state index is 10.4. The summed E-state index contributed by atoms with van der Waals surface area (Å²) in [6.07, 6.45) is 2.30. The molecule has 39 heavy (non-hydrogen) atoms. The van der Waals surface area contributed by atoms with Crippen LogP contribution in [0.2, 0.25) is 0 Å². The van der Waals surface area contributed by atoms with Gasteiger partial charge in [-0.05, 0) is 87.4 Å². The van der Waals surface area contributed by atoms with Crippen molar-refractivity contribution < 1.29 is 17.5 Å². The molecule has 0 aromatic heterocycles. The van der Waals surface area contributed by atoms with E-state index in [1.807, 2.05) is 32.9 Å². The first-order chi connectivity index (χ1) is 18.3. The van der Waals surface area contributed by atoms with E-state index in [9.17, 15) is 13.0 Å². The van der Waals surface area contributed by atoms with Gasteiger partial charge in [0.2, 0.25) is 0 Å². The summed E-state index contributed by atoms with van der Waals surface area (Å²) in [6, 6.07) is 18.1. The molecule has 0 atom stereocenters. The summed E-state index contributed by atoms with van der Waals surface area (Å²) in [5.41, 5.74) is 19.0. The van der Waals surface area contributed by atoms with E-state index in [4.69, 9.17) is 11.5 Å². The minimum Gasteiger partial charge on any atom is -0.744 e. The van der Waals surface area contributed by atoms with Gasteiger partial charge in [-0.2, -0.15) is 0 Å². The van der Waals surface area contributed by atoms with Gasteiger partial charge >= 0.3 is 0 Å². The van der Waals surface area contributed by atoms with Crippen LogP contribution >= 0.6 is 0 Å². The summed E-state index contributed by atoms with van der Waals surface area (Å²) in [7, 11) is -1.91. The Morgan fingerprint density at radius 1 is 0.769 bits per heavy atom. The highest BCUT2D eigenvalue weighted by molar-refractivity contribution is 7.85. The van der Waals surface area contributed by atoms with Crippen molar-refractivity contribution in [3.63, 3.8) is 0 Å². The van der Waals surface area contributed by atoms with E-state index < -0.39 is 10.1 Å². The molecule has 0 saturated carbocycles.